The molecule has 4 rings (SSSR count). The lowest BCUT2D eigenvalue weighted by Gasteiger charge is -2.21. The van der Waals surface area contributed by atoms with E-state index in [1.165, 1.54) is 0 Å². The minimum Gasteiger partial charge on any atom is -0.285 e. The van der Waals surface area contributed by atoms with E-state index in [0.29, 0.717) is 10.8 Å². The number of hydrogen-bond acceptors (Lipinski definition) is 2. The third-order valence-corrected chi connectivity index (χ3v) is 4.52. The Morgan fingerprint density at radius 1 is 0.727 bits per heavy atom. The molecule has 0 atom stereocenters. The van der Waals surface area contributed by atoms with Crippen LogP contribution in [0.25, 0.3) is 32.3 Å². The first-order chi connectivity index (χ1) is 10.4. The average Bonchev–Trinajstić information content (AvgIpc) is 2.49. The van der Waals surface area contributed by atoms with Crippen molar-refractivity contribution in [1.29, 1.82) is 0 Å². The fourth-order valence-corrected chi connectivity index (χ4v) is 3.29. The minimum absolute atomic E-state index is 0.0695. The third-order valence-electron chi connectivity index (χ3n) is 4.52. The van der Waals surface area contributed by atoms with E-state index in [4.69, 9.17) is 0 Å². The zero-order valence-corrected chi connectivity index (χ0v) is 12.9. The quantitative estimate of drug-likeness (QED) is 0.361. The topological polar surface area (TPSA) is 34.1 Å². The average molecular weight is 288 g/mol. The summed E-state index contributed by atoms with van der Waals surface area (Å²) in [6, 6.07) is 13.7. The molecule has 108 valence electrons. The summed E-state index contributed by atoms with van der Waals surface area (Å²) in [6.07, 6.45) is 0. The van der Waals surface area contributed by atoms with Crippen molar-refractivity contribution in [2.75, 3.05) is 0 Å². The fourth-order valence-electron chi connectivity index (χ4n) is 3.29. The molecule has 0 amide bonds. The molecule has 0 heterocycles. The summed E-state index contributed by atoms with van der Waals surface area (Å²) in [6.45, 7) is 6.34. The highest BCUT2D eigenvalue weighted by Gasteiger charge is 2.19. The van der Waals surface area contributed by atoms with Gasteiger partial charge in [0.1, 0.15) is 0 Å². The smallest absolute Gasteiger partial charge is 0.234 e. The van der Waals surface area contributed by atoms with Gasteiger partial charge in [-0.15, -0.1) is 0 Å². The van der Waals surface area contributed by atoms with Crippen molar-refractivity contribution < 1.29 is 0 Å². The maximum Gasteiger partial charge on any atom is 0.234 e. The Bertz CT molecular complexity index is 1130. The Hall–Kier alpha value is -2.48. The summed E-state index contributed by atoms with van der Waals surface area (Å²) in [5, 5.41) is 4.96. The van der Waals surface area contributed by atoms with E-state index in [1.54, 1.807) is 6.07 Å². The normalized spacial score (nSPS) is 12.7. The lowest BCUT2D eigenvalue weighted by atomic mass is 9.83. The standard InChI is InChI=1S/C20H16O2/c1-20(2,3)13-9-12-8-7-11-5-4-6-14-16(11)17(12)15(10-13)19(22)18(14)21/h4-10H,1-3H3. The van der Waals surface area contributed by atoms with Crippen LogP contribution in [-0.2, 0) is 5.41 Å². The van der Waals surface area contributed by atoms with Crippen LogP contribution in [0.3, 0.4) is 0 Å². The van der Waals surface area contributed by atoms with Crippen LogP contribution in [0, 0.1) is 0 Å². The molecule has 0 bridgehead atoms. The highest BCUT2D eigenvalue weighted by molar-refractivity contribution is 6.22. The van der Waals surface area contributed by atoms with E-state index in [-0.39, 0.29) is 10.8 Å². The van der Waals surface area contributed by atoms with Crippen molar-refractivity contribution in [1.82, 2.24) is 0 Å². The van der Waals surface area contributed by atoms with Crippen molar-refractivity contribution in [3.05, 3.63) is 68.5 Å². The predicted molar refractivity (Wildman–Crippen MR) is 92.6 cm³/mol. The first-order valence-electron chi connectivity index (χ1n) is 7.47. The van der Waals surface area contributed by atoms with Gasteiger partial charge < -0.3 is 0 Å². The van der Waals surface area contributed by atoms with Crippen LogP contribution in [0.4, 0.5) is 0 Å². The van der Waals surface area contributed by atoms with Crippen LogP contribution in [-0.4, -0.2) is 0 Å². The molecule has 0 spiro atoms. The molecule has 0 aliphatic carbocycles. The van der Waals surface area contributed by atoms with Crippen LogP contribution in [0.15, 0.2) is 52.1 Å². The predicted octanol–water partition coefficient (Wildman–Crippen LogP) is 4.04. The zero-order valence-electron chi connectivity index (χ0n) is 12.9. The Kier molecular flexibility index (Phi) is 2.42. The van der Waals surface area contributed by atoms with E-state index in [0.717, 1.165) is 27.1 Å². The molecule has 2 heteroatoms. The van der Waals surface area contributed by atoms with Crippen molar-refractivity contribution in [3.63, 3.8) is 0 Å². The second-order valence-corrected chi connectivity index (χ2v) is 7.00. The molecule has 2 nitrogen and oxygen atoms in total. The molecule has 0 saturated heterocycles. The molecule has 0 saturated carbocycles. The summed E-state index contributed by atoms with van der Waals surface area (Å²) < 4.78 is 0. The molecular weight excluding hydrogens is 272 g/mol. The van der Waals surface area contributed by atoms with Gasteiger partial charge in [0.25, 0.3) is 0 Å². The van der Waals surface area contributed by atoms with Crippen LogP contribution in [0.1, 0.15) is 26.3 Å². The van der Waals surface area contributed by atoms with Gasteiger partial charge in [-0.2, -0.15) is 0 Å². The maximum atomic E-state index is 12.6. The van der Waals surface area contributed by atoms with Crippen molar-refractivity contribution in [2.24, 2.45) is 0 Å². The van der Waals surface area contributed by atoms with Gasteiger partial charge in [-0.3, -0.25) is 9.59 Å². The Balaban J connectivity index is 2.39. The molecule has 0 aliphatic heterocycles. The number of rotatable bonds is 0. The van der Waals surface area contributed by atoms with Crippen LogP contribution < -0.4 is 10.9 Å². The van der Waals surface area contributed by atoms with Gasteiger partial charge >= 0.3 is 0 Å². The fraction of sp³-hybridized carbons (Fsp3) is 0.200. The highest BCUT2D eigenvalue weighted by Crippen LogP contribution is 2.34. The van der Waals surface area contributed by atoms with Gasteiger partial charge in [0.05, 0.1) is 0 Å². The first kappa shape index (κ1) is 13.2. The van der Waals surface area contributed by atoms with Crippen LogP contribution >= 0.6 is 0 Å². The molecule has 0 fully saturated rings. The molecular formula is C20H16O2. The highest BCUT2D eigenvalue weighted by atomic mass is 16.2. The van der Waals surface area contributed by atoms with Crippen molar-refractivity contribution in [3.8, 4) is 0 Å². The second-order valence-electron chi connectivity index (χ2n) is 7.00. The summed E-state index contributed by atoms with van der Waals surface area (Å²) in [7, 11) is 0. The molecule has 0 N–H and O–H groups in total. The molecule has 0 unspecified atom stereocenters. The van der Waals surface area contributed by atoms with Gasteiger partial charge in [-0.1, -0.05) is 57.2 Å². The summed E-state index contributed by atoms with van der Waals surface area (Å²) in [5.74, 6) is 0. The molecule has 4 aromatic rings. The second kappa shape index (κ2) is 4.04. The van der Waals surface area contributed by atoms with Gasteiger partial charge in [-0.05, 0) is 27.8 Å². The largest absolute Gasteiger partial charge is 0.285 e. The Labute approximate surface area is 127 Å². The summed E-state index contributed by atoms with van der Waals surface area (Å²) in [4.78, 5) is 25.0. The number of benzene rings is 4. The molecule has 0 aliphatic rings. The minimum atomic E-state index is -0.392. The zero-order chi connectivity index (χ0) is 15.6. The Morgan fingerprint density at radius 2 is 1.36 bits per heavy atom. The van der Waals surface area contributed by atoms with Crippen LogP contribution in [0.2, 0.25) is 0 Å². The van der Waals surface area contributed by atoms with Crippen molar-refractivity contribution in [2.45, 2.75) is 26.2 Å². The Morgan fingerprint density at radius 3 is 2.09 bits per heavy atom. The lowest BCUT2D eigenvalue weighted by Crippen LogP contribution is -2.24. The SMILES string of the molecule is CC(C)(C)c1cc2ccc3cccc4c(=O)c(=O)c(c1)c2c34. The van der Waals surface area contributed by atoms with E-state index >= 15 is 0 Å². The van der Waals surface area contributed by atoms with E-state index < -0.39 is 5.43 Å². The van der Waals surface area contributed by atoms with Crippen LogP contribution in [0.5, 0.6) is 0 Å². The molecule has 0 aromatic heterocycles. The van der Waals surface area contributed by atoms with E-state index in [1.807, 2.05) is 30.3 Å². The third kappa shape index (κ3) is 1.61. The summed E-state index contributed by atoms with van der Waals surface area (Å²) in [5.41, 5.74) is 0.230. The maximum absolute atomic E-state index is 12.6. The molecule has 0 radical (unpaired) electrons. The van der Waals surface area contributed by atoms with Gasteiger partial charge in [-0.25, -0.2) is 0 Å². The van der Waals surface area contributed by atoms with E-state index in [2.05, 4.69) is 26.8 Å². The van der Waals surface area contributed by atoms with Gasteiger partial charge in [0.15, 0.2) is 0 Å². The number of hydrogen-bond donors (Lipinski definition) is 0. The lowest BCUT2D eigenvalue weighted by molar-refractivity contribution is 0.591. The first-order valence-corrected chi connectivity index (χ1v) is 7.47. The monoisotopic (exact) mass is 288 g/mol. The van der Waals surface area contributed by atoms with Gasteiger partial charge in [0.2, 0.25) is 10.9 Å². The molecule has 4 aromatic carbocycles. The molecule has 22 heavy (non-hydrogen) atoms. The summed E-state index contributed by atoms with van der Waals surface area (Å²) >= 11 is 0. The van der Waals surface area contributed by atoms with E-state index in [9.17, 15) is 9.59 Å². The van der Waals surface area contributed by atoms with Gasteiger partial charge in [0, 0.05) is 21.5 Å². The van der Waals surface area contributed by atoms with Crippen molar-refractivity contribution >= 4 is 32.3 Å².